The van der Waals surface area contributed by atoms with Crippen LogP contribution in [0.15, 0.2) is 24.3 Å². The van der Waals surface area contributed by atoms with Crippen LogP contribution in [0.4, 0.5) is 5.69 Å². The van der Waals surface area contributed by atoms with Gasteiger partial charge >= 0.3 is 0 Å². The van der Waals surface area contributed by atoms with Gasteiger partial charge in [-0.25, -0.2) is 0 Å². The Morgan fingerprint density at radius 3 is 2.69 bits per heavy atom. The Kier molecular flexibility index (Phi) is 7.15. The average molecular weight is 237 g/mol. The lowest BCUT2D eigenvalue weighted by Crippen LogP contribution is -1.91. The summed E-state index contributed by atoms with van der Waals surface area (Å²) in [6.07, 6.45) is 6.50. The summed E-state index contributed by atoms with van der Waals surface area (Å²) in [6, 6.07) is 8.24. The van der Waals surface area contributed by atoms with Crippen molar-refractivity contribution in [2.45, 2.75) is 39.0 Å². The van der Waals surface area contributed by atoms with Crippen molar-refractivity contribution in [2.24, 2.45) is 0 Å². The molecule has 0 aliphatic rings. The topological polar surface area (TPSA) is 26.0 Å². The molecule has 1 nitrogen and oxygen atoms in total. The van der Waals surface area contributed by atoms with Gasteiger partial charge in [0.1, 0.15) is 0 Å². The zero-order valence-corrected chi connectivity index (χ0v) is 11.1. The highest BCUT2D eigenvalue weighted by Gasteiger charge is 1.94. The molecule has 2 heteroatoms. The molecule has 1 aromatic rings. The molecule has 0 aromatic heterocycles. The van der Waals surface area contributed by atoms with E-state index in [-0.39, 0.29) is 0 Å². The Bertz CT molecular complexity index is 286. The fourth-order valence-electron chi connectivity index (χ4n) is 1.68. The number of nitrogen functional groups attached to an aromatic ring is 1. The average Bonchev–Trinajstić information content (AvgIpc) is 2.28. The maximum atomic E-state index is 5.74. The quantitative estimate of drug-likeness (QED) is 0.543. The van der Waals surface area contributed by atoms with E-state index >= 15 is 0 Å². The van der Waals surface area contributed by atoms with Gasteiger partial charge in [0.15, 0.2) is 0 Å². The third-order valence-electron chi connectivity index (χ3n) is 2.60. The molecule has 0 aliphatic heterocycles. The maximum Gasteiger partial charge on any atom is 0.0316 e. The van der Waals surface area contributed by atoms with Gasteiger partial charge in [-0.15, -0.1) is 0 Å². The Balaban J connectivity index is 2.03. The lowest BCUT2D eigenvalue weighted by Gasteiger charge is -2.03. The maximum absolute atomic E-state index is 5.74. The van der Waals surface area contributed by atoms with Crippen molar-refractivity contribution in [1.82, 2.24) is 0 Å². The second-order valence-corrected chi connectivity index (χ2v) is 5.39. The van der Waals surface area contributed by atoms with Crippen molar-refractivity contribution in [3.8, 4) is 0 Å². The lowest BCUT2D eigenvalue weighted by molar-refractivity contribution is 0.778. The summed E-state index contributed by atoms with van der Waals surface area (Å²) in [5.41, 5.74) is 7.99. The van der Waals surface area contributed by atoms with E-state index in [4.69, 9.17) is 5.73 Å². The molecule has 0 spiro atoms. The number of nitrogens with two attached hydrogens (primary N) is 1. The van der Waals surface area contributed by atoms with E-state index in [1.165, 1.54) is 42.8 Å². The highest BCUT2D eigenvalue weighted by Crippen LogP contribution is 2.12. The largest absolute Gasteiger partial charge is 0.399 e. The molecular weight excluding hydrogens is 214 g/mol. The van der Waals surface area contributed by atoms with Gasteiger partial charge in [-0.3, -0.25) is 0 Å². The Hall–Kier alpha value is -0.630. The van der Waals surface area contributed by atoms with Crippen molar-refractivity contribution in [3.63, 3.8) is 0 Å². The minimum absolute atomic E-state index is 0.882. The molecule has 0 saturated carbocycles. The van der Waals surface area contributed by atoms with Crippen molar-refractivity contribution < 1.29 is 0 Å². The minimum Gasteiger partial charge on any atom is -0.399 e. The van der Waals surface area contributed by atoms with Gasteiger partial charge < -0.3 is 5.73 Å². The number of thioether (sulfide) groups is 1. The van der Waals surface area contributed by atoms with Crippen LogP contribution in [0, 0.1) is 0 Å². The molecule has 90 valence electrons. The number of hydrogen-bond donors (Lipinski definition) is 1. The summed E-state index contributed by atoms with van der Waals surface area (Å²) in [7, 11) is 0. The fourth-order valence-corrected chi connectivity index (χ4v) is 2.64. The lowest BCUT2D eigenvalue weighted by atomic mass is 10.1. The molecular formula is C14H23NS. The normalized spacial score (nSPS) is 10.6. The second kappa shape index (κ2) is 8.51. The number of aryl methyl sites for hydroxylation is 1. The van der Waals surface area contributed by atoms with E-state index in [2.05, 4.69) is 30.8 Å². The minimum atomic E-state index is 0.882. The zero-order chi connectivity index (χ0) is 11.6. The molecule has 0 fully saturated rings. The first-order chi connectivity index (χ1) is 7.83. The molecule has 1 rings (SSSR count). The number of benzene rings is 1. The summed E-state index contributed by atoms with van der Waals surface area (Å²) in [5, 5.41) is 0. The van der Waals surface area contributed by atoms with Gasteiger partial charge in [-0.05, 0) is 48.5 Å². The van der Waals surface area contributed by atoms with Crippen LogP contribution in [0.2, 0.25) is 0 Å². The Morgan fingerprint density at radius 1 is 1.12 bits per heavy atom. The number of anilines is 1. The molecule has 2 N–H and O–H groups in total. The van der Waals surface area contributed by atoms with E-state index in [0.717, 1.165) is 12.1 Å². The van der Waals surface area contributed by atoms with E-state index in [1.807, 2.05) is 12.1 Å². The first-order valence-electron chi connectivity index (χ1n) is 6.25. The Labute approximate surface area is 104 Å². The third-order valence-corrected chi connectivity index (χ3v) is 3.75. The van der Waals surface area contributed by atoms with Crippen LogP contribution in [0.25, 0.3) is 0 Å². The number of hydrogen-bond acceptors (Lipinski definition) is 2. The van der Waals surface area contributed by atoms with E-state index in [0.29, 0.717) is 0 Å². The molecule has 0 amide bonds. The molecule has 0 atom stereocenters. The monoisotopic (exact) mass is 237 g/mol. The van der Waals surface area contributed by atoms with Crippen molar-refractivity contribution in [1.29, 1.82) is 0 Å². The van der Waals surface area contributed by atoms with Crippen LogP contribution in [-0.2, 0) is 6.42 Å². The fraction of sp³-hybridized carbons (Fsp3) is 0.571. The van der Waals surface area contributed by atoms with Gasteiger partial charge in [0.2, 0.25) is 0 Å². The van der Waals surface area contributed by atoms with Gasteiger partial charge in [-0.2, -0.15) is 11.8 Å². The van der Waals surface area contributed by atoms with Crippen LogP contribution >= 0.6 is 11.8 Å². The molecule has 16 heavy (non-hydrogen) atoms. The van der Waals surface area contributed by atoms with Gasteiger partial charge in [0.25, 0.3) is 0 Å². The smallest absolute Gasteiger partial charge is 0.0316 e. The van der Waals surface area contributed by atoms with Crippen LogP contribution < -0.4 is 5.73 Å². The zero-order valence-electron chi connectivity index (χ0n) is 10.2. The highest BCUT2D eigenvalue weighted by molar-refractivity contribution is 7.99. The summed E-state index contributed by atoms with van der Waals surface area (Å²) < 4.78 is 0. The second-order valence-electron chi connectivity index (χ2n) is 4.17. The van der Waals surface area contributed by atoms with E-state index < -0.39 is 0 Å². The highest BCUT2D eigenvalue weighted by atomic mass is 32.2. The van der Waals surface area contributed by atoms with Crippen molar-refractivity contribution in [3.05, 3.63) is 29.8 Å². The van der Waals surface area contributed by atoms with Gasteiger partial charge in [0.05, 0.1) is 0 Å². The molecule has 0 bridgehead atoms. The van der Waals surface area contributed by atoms with Crippen LogP contribution in [0.1, 0.15) is 38.2 Å². The van der Waals surface area contributed by atoms with Gasteiger partial charge in [-0.1, -0.05) is 31.9 Å². The standard InChI is InChI=1S/C14H23NS/c1-2-3-4-10-16-11-6-8-13-7-5-9-14(15)12-13/h5,7,9,12H,2-4,6,8,10-11,15H2,1H3. The van der Waals surface area contributed by atoms with Crippen molar-refractivity contribution >= 4 is 17.4 Å². The molecule has 0 heterocycles. The molecule has 0 aliphatic carbocycles. The molecule has 0 radical (unpaired) electrons. The van der Waals surface area contributed by atoms with Crippen LogP contribution in [0.5, 0.6) is 0 Å². The van der Waals surface area contributed by atoms with E-state index in [1.54, 1.807) is 0 Å². The van der Waals surface area contributed by atoms with Crippen LogP contribution in [-0.4, -0.2) is 11.5 Å². The van der Waals surface area contributed by atoms with Crippen molar-refractivity contribution in [2.75, 3.05) is 17.2 Å². The molecule has 0 unspecified atom stereocenters. The summed E-state index contributed by atoms with van der Waals surface area (Å²) in [6.45, 7) is 2.25. The Morgan fingerprint density at radius 2 is 1.94 bits per heavy atom. The van der Waals surface area contributed by atoms with E-state index in [9.17, 15) is 0 Å². The number of unbranched alkanes of at least 4 members (excludes halogenated alkanes) is 2. The predicted molar refractivity (Wildman–Crippen MR) is 76.0 cm³/mol. The molecule has 1 aromatic carbocycles. The van der Waals surface area contributed by atoms with Gasteiger partial charge in [0, 0.05) is 5.69 Å². The summed E-state index contributed by atoms with van der Waals surface area (Å²) in [5.74, 6) is 2.60. The first-order valence-corrected chi connectivity index (χ1v) is 7.40. The first kappa shape index (κ1) is 13.4. The summed E-state index contributed by atoms with van der Waals surface area (Å²) in [4.78, 5) is 0. The summed E-state index contributed by atoms with van der Waals surface area (Å²) >= 11 is 2.09. The third kappa shape index (κ3) is 6.06. The SMILES string of the molecule is CCCCCSCCCc1cccc(N)c1. The number of rotatable bonds is 8. The van der Waals surface area contributed by atoms with Crippen LogP contribution in [0.3, 0.4) is 0 Å². The predicted octanol–water partition coefficient (Wildman–Crippen LogP) is 4.12. The molecule has 0 saturated heterocycles.